The van der Waals surface area contributed by atoms with Crippen LogP contribution in [-0.2, 0) is 4.74 Å². The zero-order valence-corrected chi connectivity index (χ0v) is 15.4. The number of anilines is 1. The molecule has 1 atom stereocenters. The van der Waals surface area contributed by atoms with Gasteiger partial charge in [-0.15, -0.1) is 0 Å². The molecular weight excluding hydrogens is 366 g/mol. The minimum absolute atomic E-state index is 0.165. The van der Waals surface area contributed by atoms with Crippen LogP contribution in [0.4, 0.5) is 10.5 Å². The van der Waals surface area contributed by atoms with Crippen LogP contribution >= 0.6 is 0 Å². The normalized spacial score (nSPS) is 16.2. The van der Waals surface area contributed by atoms with Crippen molar-refractivity contribution in [3.05, 3.63) is 94.8 Å². The average Bonchev–Trinajstić information content (AvgIpc) is 3.16. The first-order valence-electron chi connectivity index (χ1n) is 9.31. The Balaban J connectivity index is 1.53. The van der Waals surface area contributed by atoms with E-state index in [-0.39, 0.29) is 17.7 Å². The smallest absolute Gasteiger partial charge is 0.415 e. The molecule has 1 fully saturated rings. The van der Waals surface area contributed by atoms with Crippen LogP contribution in [0.5, 0.6) is 0 Å². The predicted octanol–water partition coefficient (Wildman–Crippen LogP) is 4.29. The van der Waals surface area contributed by atoms with Gasteiger partial charge in [-0.05, 0) is 23.8 Å². The van der Waals surface area contributed by atoms with Gasteiger partial charge in [0.15, 0.2) is 0 Å². The first kappa shape index (κ1) is 17.2. The Hall–Kier alpha value is -3.93. The van der Waals surface area contributed by atoms with Crippen LogP contribution in [0.15, 0.2) is 83.7 Å². The number of H-pyrrole nitrogens is 1. The van der Waals surface area contributed by atoms with E-state index < -0.39 is 0 Å². The highest BCUT2D eigenvalue weighted by atomic mass is 16.6. The van der Waals surface area contributed by atoms with Crippen molar-refractivity contribution < 1.29 is 9.53 Å². The molecule has 5 rings (SSSR count). The molecule has 1 saturated heterocycles. The number of aromatic amines is 1. The summed E-state index contributed by atoms with van der Waals surface area (Å²) >= 11 is 0. The van der Waals surface area contributed by atoms with Crippen LogP contribution in [0, 0.1) is 0 Å². The van der Waals surface area contributed by atoms with Crippen molar-refractivity contribution in [1.29, 1.82) is 0 Å². The molecular formula is C23H17N3O3. The first-order valence-corrected chi connectivity index (χ1v) is 9.31. The lowest BCUT2D eigenvalue weighted by Gasteiger charge is -2.22. The fourth-order valence-electron chi connectivity index (χ4n) is 3.74. The fraction of sp³-hybridized carbons (Fsp3) is 0.0870. The second kappa shape index (κ2) is 6.91. The number of hydrogen-bond donors (Lipinski definition) is 1. The van der Waals surface area contributed by atoms with E-state index in [4.69, 9.17) is 4.74 Å². The van der Waals surface area contributed by atoms with Crippen molar-refractivity contribution in [2.45, 2.75) is 6.04 Å². The van der Waals surface area contributed by atoms with Crippen molar-refractivity contribution in [1.82, 2.24) is 10.2 Å². The molecule has 1 amide bonds. The van der Waals surface area contributed by atoms with Crippen molar-refractivity contribution in [2.75, 3.05) is 11.5 Å². The van der Waals surface area contributed by atoms with Crippen LogP contribution in [0.2, 0.25) is 0 Å². The topological polar surface area (TPSA) is 75.3 Å². The minimum atomic E-state index is -0.362. The first-order chi connectivity index (χ1) is 14.2. The SMILES string of the molecule is O=C1OCC(c2ccccc2)N1c1ccc(-c2n[nH]c(=O)c3ccccc23)cc1. The molecule has 3 aromatic carbocycles. The van der Waals surface area contributed by atoms with E-state index in [9.17, 15) is 9.59 Å². The molecule has 1 aliphatic heterocycles. The molecule has 0 spiro atoms. The zero-order valence-electron chi connectivity index (χ0n) is 15.4. The van der Waals surface area contributed by atoms with Crippen LogP contribution in [0.1, 0.15) is 11.6 Å². The number of hydrogen-bond acceptors (Lipinski definition) is 4. The molecule has 1 aliphatic rings. The van der Waals surface area contributed by atoms with Gasteiger partial charge in [-0.3, -0.25) is 9.69 Å². The number of ether oxygens (including phenoxy) is 1. The number of carbonyl (C=O) groups excluding carboxylic acids is 1. The number of aromatic nitrogens is 2. The largest absolute Gasteiger partial charge is 0.447 e. The van der Waals surface area contributed by atoms with E-state index in [1.54, 1.807) is 11.0 Å². The summed E-state index contributed by atoms with van der Waals surface area (Å²) < 4.78 is 5.31. The lowest BCUT2D eigenvalue weighted by atomic mass is 10.0. The summed E-state index contributed by atoms with van der Waals surface area (Å²) in [6.45, 7) is 0.316. The maximum absolute atomic E-state index is 12.4. The second-order valence-corrected chi connectivity index (χ2v) is 6.87. The van der Waals surface area contributed by atoms with Crippen LogP contribution in [0.25, 0.3) is 22.0 Å². The maximum Gasteiger partial charge on any atom is 0.415 e. The van der Waals surface area contributed by atoms with E-state index in [0.717, 1.165) is 22.2 Å². The number of cyclic esters (lactones) is 1. The van der Waals surface area contributed by atoms with Crippen molar-refractivity contribution in [3.8, 4) is 11.3 Å². The van der Waals surface area contributed by atoms with Crippen molar-refractivity contribution >= 4 is 22.6 Å². The summed E-state index contributed by atoms with van der Waals surface area (Å²) in [6, 6.07) is 24.6. The number of amides is 1. The molecule has 142 valence electrons. The molecule has 0 bridgehead atoms. The molecule has 6 nitrogen and oxygen atoms in total. The van der Waals surface area contributed by atoms with Crippen LogP contribution < -0.4 is 10.5 Å². The molecule has 0 radical (unpaired) electrons. The Morgan fingerprint density at radius 2 is 1.55 bits per heavy atom. The number of carbonyl (C=O) groups is 1. The predicted molar refractivity (Wildman–Crippen MR) is 111 cm³/mol. The number of nitrogens with zero attached hydrogens (tertiary/aromatic N) is 2. The summed E-state index contributed by atoms with van der Waals surface area (Å²) in [7, 11) is 0. The van der Waals surface area contributed by atoms with Gasteiger partial charge >= 0.3 is 6.09 Å². The van der Waals surface area contributed by atoms with Gasteiger partial charge in [0, 0.05) is 16.6 Å². The summed E-state index contributed by atoms with van der Waals surface area (Å²) in [5.74, 6) is 0. The second-order valence-electron chi connectivity index (χ2n) is 6.87. The Morgan fingerprint density at radius 1 is 0.862 bits per heavy atom. The van der Waals surface area contributed by atoms with E-state index in [1.807, 2.05) is 72.8 Å². The van der Waals surface area contributed by atoms with Gasteiger partial charge in [-0.2, -0.15) is 5.10 Å². The molecule has 1 aromatic heterocycles. The van der Waals surface area contributed by atoms with Crippen LogP contribution in [-0.4, -0.2) is 22.9 Å². The summed E-state index contributed by atoms with van der Waals surface area (Å²) in [4.78, 5) is 26.1. The van der Waals surface area contributed by atoms with Gasteiger partial charge in [0.05, 0.1) is 17.1 Å². The van der Waals surface area contributed by atoms with E-state index >= 15 is 0 Å². The van der Waals surface area contributed by atoms with Crippen LogP contribution in [0.3, 0.4) is 0 Å². The highest BCUT2D eigenvalue weighted by Gasteiger charge is 2.35. The Kier molecular flexibility index (Phi) is 4.09. The number of rotatable bonds is 3. The van der Waals surface area contributed by atoms with Gasteiger partial charge in [0.1, 0.15) is 6.61 Å². The molecule has 2 heterocycles. The Morgan fingerprint density at radius 3 is 2.31 bits per heavy atom. The van der Waals surface area contributed by atoms with Gasteiger partial charge in [0.2, 0.25) is 0 Å². The third kappa shape index (κ3) is 2.95. The monoisotopic (exact) mass is 383 g/mol. The van der Waals surface area contributed by atoms with Crippen molar-refractivity contribution in [3.63, 3.8) is 0 Å². The van der Waals surface area contributed by atoms with E-state index in [2.05, 4.69) is 10.2 Å². The quantitative estimate of drug-likeness (QED) is 0.573. The third-order valence-electron chi connectivity index (χ3n) is 5.17. The molecule has 29 heavy (non-hydrogen) atoms. The molecule has 0 aliphatic carbocycles. The maximum atomic E-state index is 12.4. The Labute approximate surface area is 166 Å². The van der Waals surface area contributed by atoms with E-state index in [1.165, 1.54) is 0 Å². The molecule has 1 unspecified atom stereocenters. The zero-order chi connectivity index (χ0) is 19.8. The summed E-state index contributed by atoms with van der Waals surface area (Å²) in [5.41, 5.74) is 3.10. The van der Waals surface area contributed by atoms with Gasteiger partial charge in [0.25, 0.3) is 5.56 Å². The molecule has 4 aromatic rings. The lowest BCUT2D eigenvalue weighted by Crippen LogP contribution is -2.27. The number of nitrogens with one attached hydrogen (secondary N) is 1. The average molecular weight is 383 g/mol. The van der Waals surface area contributed by atoms with Gasteiger partial charge < -0.3 is 4.74 Å². The molecule has 1 N–H and O–H groups in total. The van der Waals surface area contributed by atoms with Gasteiger partial charge in [-0.25, -0.2) is 9.89 Å². The third-order valence-corrected chi connectivity index (χ3v) is 5.17. The van der Waals surface area contributed by atoms with Gasteiger partial charge in [-0.1, -0.05) is 60.7 Å². The van der Waals surface area contributed by atoms with E-state index in [0.29, 0.717) is 17.7 Å². The standard InChI is InChI=1S/C23H17N3O3/c27-22-19-9-5-4-8-18(19)21(24-25-22)16-10-12-17(13-11-16)26-20(14-29-23(26)28)15-6-2-1-3-7-15/h1-13,20H,14H2,(H,25,27). The Bertz CT molecular complexity index is 1250. The minimum Gasteiger partial charge on any atom is -0.447 e. The lowest BCUT2D eigenvalue weighted by molar-refractivity contribution is 0.179. The highest BCUT2D eigenvalue weighted by molar-refractivity contribution is 5.95. The summed E-state index contributed by atoms with van der Waals surface area (Å²) in [6.07, 6.45) is -0.362. The highest BCUT2D eigenvalue weighted by Crippen LogP contribution is 2.34. The van der Waals surface area contributed by atoms with Crippen molar-refractivity contribution in [2.24, 2.45) is 0 Å². The molecule has 6 heteroatoms. The fourth-order valence-corrected chi connectivity index (χ4v) is 3.74. The molecule has 0 saturated carbocycles. The number of benzene rings is 3. The summed E-state index contributed by atoms with van der Waals surface area (Å²) in [5, 5.41) is 8.17. The number of fused-ring (bicyclic) bond motifs is 1.